The first-order valence-corrected chi connectivity index (χ1v) is 16.3. The molecule has 18 nitrogen and oxygen atoms in total. The van der Waals surface area contributed by atoms with Gasteiger partial charge in [0.05, 0.1) is 19.8 Å². The van der Waals surface area contributed by atoms with Gasteiger partial charge in [0.15, 0.2) is 0 Å². The topological polar surface area (TPSA) is 296 Å². The Morgan fingerprint density at radius 1 is 0.833 bits per heavy atom. The summed E-state index contributed by atoms with van der Waals surface area (Å²) in [5.74, 6) is -6.01. The summed E-state index contributed by atoms with van der Waals surface area (Å²) in [7, 11) is 0. The number of aliphatic hydroxyl groups excluding tert-OH is 2. The fraction of sp³-hybridized carbons (Fsp3) is 0.767. The van der Waals surface area contributed by atoms with Crippen molar-refractivity contribution in [2.24, 2.45) is 23.3 Å². The van der Waals surface area contributed by atoms with Crippen molar-refractivity contribution in [3.8, 4) is 0 Å². The Morgan fingerprint density at radius 3 is 2.02 bits per heavy atom. The third kappa shape index (κ3) is 13.7. The molecule has 1 heterocycles. The quantitative estimate of drug-likeness (QED) is 0.0521. The van der Waals surface area contributed by atoms with Crippen LogP contribution in [0.3, 0.4) is 0 Å². The third-order valence-electron chi connectivity index (χ3n) is 7.76. The van der Waals surface area contributed by atoms with Gasteiger partial charge in [0.25, 0.3) is 0 Å². The molecule has 0 spiro atoms. The standard InChI is InChI=1S/C30H54N8O10/c1-16(2)12-20(27(44)36-21(15-40)30(47)48)35-28(45)22-9-7-11-38(22)29(46)24(17(3)4)37-26(43)19(8-5-6-10-31)34-23(41)13-33-25(42)18(32)14-39/h16-22,24,39-40H,5-15,31-32H2,1-4H3,(H,33,42)(H,34,41)(H,35,45)(H,36,44)(H,37,43)(H,47,48)/t18-,19-,20-,21-,22-,24-/m0/s1. The molecule has 1 rings (SSSR count). The van der Waals surface area contributed by atoms with E-state index in [1.165, 1.54) is 4.90 Å². The van der Waals surface area contributed by atoms with Gasteiger partial charge in [-0.1, -0.05) is 27.7 Å². The van der Waals surface area contributed by atoms with Gasteiger partial charge in [-0.15, -0.1) is 0 Å². The largest absolute Gasteiger partial charge is 0.480 e. The lowest BCUT2D eigenvalue weighted by Crippen LogP contribution is -2.60. The molecular formula is C30H54N8O10. The van der Waals surface area contributed by atoms with E-state index in [4.69, 9.17) is 16.6 Å². The molecule has 6 atom stereocenters. The van der Waals surface area contributed by atoms with E-state index in [0.29, 0.717) is 25.8 Å². The molecule has 0 aliphatic carbocycles. The number of rotatable bonds is 21. The zero-order chi connectivity index (χ0) is 36.6. The highest BCUT2D eigenvalue weighted by Gasteiger charge is 2.40. The van der Waals surface area contributed by atoms with E-state index in [-0.39, 0.29) is 31.7 Å². The highest BCUT2D eigenvalue weighted by Crippen LogP contribution is 2.21. The lowest BCUT2D eigenvalue weighted by atomic mass is 10.00. The Hall–Kier alpha value is -3.87. The van der Waals surface area contributed by atoms with Gasteiger partial charge in [-0.2, -0.15) is 0 Å². The van der Waals surface area contributed by atoms with E-state index in [9.17, 15) is 43.8 Å². The summed E-state index contributed by atoms with van der Waals surface area (Å²) in [5.41, 5.74) is 11.0. The predicted octanol–water partition coefficient (Wildman–Crippen LogP) is -3.74. The summed E-state index contributed by atoms with van der Waals surface area (Å²) in [4.78, 5) is 90.7. The van der Waals surface area contributed by atoms with Crippen LogP contribution in [-0.4, -0.2) is 131 Å². The molecule has 1 fully saturated rings. The molecule has 274 valence electrons. The minimum absolute atomic E-state index is 0.0759. The minimum Gasteiger partial charge on any atom is -0.480 e. The molecular weight excluding hydrogens is 632 g/mol. The monoisotopic (exact) mass is 686 g/mol. The second kappa shape index (κ2) is 21.2. The molecule has 0 bridgehead atoms. The normalized spacial score (nSPS) is 17.5. The second-order valence-electron chi connectivity index (χ2n) is 12.6. The van der Waals surface area contributed by atoms with Crippen molar-refractivity contribution in [2.45, 2.75) is 102 Å². The number of nitrogens with one attached hydrogen (secondary N) is 5. The minimum atomic E-state index is -1.56. The molecule has 1 aliphatic heterocycles. The Kier molecular flexibility index (Phi) is 18.6. The summed E-state index contributed by atoms with van der Waals surface area (Å²) in [6.07, 6.45) is 2.14. The zero-order valence-corrected chi connectivity index (χ0v) is 28.2. The number of carboxylic acid groups (broad SMARTS) is 1. The molecule has 1 aliphatic rings. The van der Waals surface area contributed by atoms with E-state index in [1.54, 1.807) is 13.8 Å². The van der Waals surface area contributed by atoms with Gasteiger partial charge < -0.3 is 58.3 Å². The Labute approximate surface area is 280 Å². The van der Waals surface area contributed by atoms with Crippen molar-refractivity contribution in [2.75, 3.05) is 32.8 Å². The van der Waals surface area contributed by atoms with Gasteiger partial charge in [-0.3, -0.25) is 28.8 Å². The number of nitrogens with zero attached hydrogens (tertiary/aromatic N) is 1. The average Bonchev–Trinajstić information content (AvgIpc) is 3.53. The zero-order valence-electron chi connectivity index (χ0n) is 28.2. The van der Waals surface area contributed by atoms with Crippen molar-refractivity contribution in [3.05, 3.63) is 0 Å². The van der Waals surface area contributed by atoms with Crippen LogP contribution in [0.1, 0.15) is 66.2 Å². The van der Waals surface area contributed by atoms with Gasteiger partial charge in [-0.25, -0.2) is 4.79 Å². The van der Waals surface area contributed by atoms with E-state index < -0.39 is 103 Å². The molecule has 0 unspecified atom stereocenters. The average molecular weight is 687 g/mol. The van der Waals surface area contributed by atoms with Crippen LogP contribution in [0, 0.1) is 11.8 Å². The number of nitrogens with two attached hydrogens (primary N) is 2. The first kappa shape index (κ1) is 42.2. The molecule has 0 aromatic heterocycles. The summed E-state index contributed by atoms with van der Waals surface area (Å²) >= 11 is 0. The fourth-order valence-electron chi connectivity index (χ4n) is 5.07. The third-order valence-corrected chi connectivity index (χ3v) is 7.76. The number of aliphatic carboxylic acids is 1. The van der Waals surface area contributed by atoms with Gasteiger partial charge in [0.2, 0.25) is 35.4 Å². The first-order valence-electron chi connectivity index (χ1n) is 16.3. The summed E-state index contributed by atoms with van der Waals surface area (Å²) in [6, 6.07) is -7.05. The van der Waals surface area contributed by atoms with Crippen LogP contribution in [0.5, 0.6) is 0 Å². The maximum atomic E-state index is 13.8. The van der Waals surface area contributed by atoms with Crippen LogP contribution in [0.15, 0.2) is 0 Å². The summed E-state index contributed by atoms with van der Waals surface area (Å²) in [6.45, 7) is 5.62. The maximum Gasteiger partial charge on any atom is 0.328 e. The molecule has 1 saturated heterocycles. The predicted molar refractivity (Wildman–Crippen MR) is 172 cm³/mol. The van der Waals surface area contributed by atoms with E-state index in [2.05, 4.69) is 26.6 Å². The highest BCUT2D eigenvalue weighted by molar-refractivity contribution is 5.97. The van der Waals surface area contributed by atoms with Crippen LogP contribution in [0.25, 0.3) is 0 Å². The SMILES string of the molecule is CC(C)C[C@H](NC(=O)[C@@H]1CCCN1C(=O)[C@@H](NC(=O)[C@H](CCCCN)NC(=O)CNC(=O)[C@@H](N)CO)C(C)C)C(=O)N[C@@H](CO)C(=O)O. The van der Waals surface area contributed by atoms with Gasteiger partial charge >= 0.3 is 5.97 Å². The van der Waals surface area contributed by atoms with Crippen LogP contribution in [0.4, 0.5) is 0 Å². The number of hydrogen-bond acceptors (Lipinski definition) is 11. The van der Waals surface area contributed by atoms with Crippen LogP contribution >= 0.6 is 0 Å². The number of amides is 6. The molecule has 18 heteroatoms. The first-order chi connectivity index (χ1) is 22.6. The van der Waals surface area contributed by atoms with Gasteiger partial charge in [0.1, 0.15) is 36.3 Å². The molecule has 0 saturated carbocycles. The van der Waals surface area contributed by atoms with Gasteiger partial charge in [0, 0.05) is 6.54 Å². The Bertz CT molecular complexity index is 1120. The lowest BCUT2D eigenvalue weighted by Gasteiger charge is -2.32. The lowest BCUT2D eigenvalue weighted by molar-refractivity contribution is -0.144. The van der Waals surface area contributed by atoms with Gasteiger partial charge in [-0.05, 0) is 56.9 Å². The van der Waals surface area contributed by atoms with Crippen molar-refractivity contribution >= 4 is 41.4 Å². The number of aliphatic hydroxyl groups is 2. The van der Waals surface area contributed by atoms with Crippen molar-refractivity contribution < 1.29 is 48.9 Å². The molecule has 12 N–H and O–H groups in total. The van der Waals surface area contributed by atoms with Crippen molar-refractivity contribution in [1.82, 2.24) is 31.5 Å². The number of carbonyl (C=O) groups is 7. The van der Waals surface area contributed by atoms with E-state index >= 15 is 0 Å². The summed E-state index contributed by atoms with van der Waals surface area (Å²) in [5, 5.41) is 39.9. The fourth-order valence-corrected chi connectivity index (χ4v) is 5.07. The number of carboxylic acids is 1. The van der Waals surface area contributed by atoms with Crippen LogP contribution in [0.2, 0.25) is 0 Å². The molecule has 0 radical (unpaired) electrons. The number of carbonyl (C=O) groups excluding carboxylic acids is 6. The Morgan fingerprint density at radius 2 is 1.48 bits per heavy atom. The molecule has 48 heavy (non-hydrogen) atoms. The smallest absolute Gasteiger partial charge is 0.328 e. The highest BCUT2D eigenvalue weighted by atomic mass is 16.4. The van der Waals surface area contributed by atoms with E-state index in [0.717, 1.165) is 0 Å². The second-order valence-corrected chi connectivity index (χ2v) is 12.6. The van der Waals surface area contributed by atoms with Crippen LogP contribution in [-0.2, 0) is 33.6 Å². The maximum absolute atomic E-state index is 13.8. The molecule has 0 aromatic carbocycles. The number of unbranched alkanes of at least 4 members (excludes halogenated alkanes) is 1. The van der Waals surface area contributed by atoms with Crippen molar-refractivity contribution in [1.29, 1.82) is 0 Å². The molecule has 0 aromatic rings. The van der Waals surface area contributed by atoms with Crippen molar-refractivity contribution in [3.63, 3.8) is 0 Å². The Balaban J connectivity index is 3.09. The van der Waals surface area contributed by atoms with Crippen LogP contribution < -0.4 is 38.1 Å². The van der Waals surface area contributed by atoms with E-state index in [1.807, 2.05) is 13.8 Å². The number of hydrogen-bond donors (Lipinski definition) is 10. The number of likely N-dealkylation sites (tertiary alicyclic amines) is 1. The summed E-state index contributed by atoms with van der Waals surface area (Å²) < 4.78 is 0. The molecule has 6 amide bonds.